The Morgan fingerprint density at radius 3 is 1.95 bits per heavy atom. The van der Waals surface area contributed by atoms with Crippen molar-refractivity contribution >= 4 is 17.8 Å². The van der Waals surface area contributed by atoms with E-state index in [0.29, 0.717) is 19.8 Å². The molecule has 1 rings (SSSR count). The molecule has 0 aliphatic rings. The molecule has 0 fully saturated rings. The predicted octanol–water partition coefficient (Wildman–Crippen LogP) is 0.600. The van der Waals surface area contributed by atoms with Crippen molar-refractivity contribution in [2.24, 2.45) is 0 Å². The summed E-state index contributed by atoms with van der Waals surface area (Å²) < 4.78 is 17.1. The molecule has 1 aromatic rings. The third-order valence-electron chi connectivity index (χ3n) is 2.63. The van der Waals surface area contributed by atoms with Crippen LogP contribution in [0.5, 0.6) is 0 Å². The minimum absolute atomic E-state index is 0.0101. The molecule has 9 heteroatoms. The summed E-state index contributed by atoms with van der Waals surface area (Å²) in [6, 6.07) is 0. The number of hydrogen-bond donors (Lipinski definition) is 3. The Labute approximate surface area is 124 Å². The van der Waals surface area contributed by atoms with E-state index in [0.717, 1.165) is 0 Å². The van der Waals surface area contributed by atoms with Crippen molar-refractivity contribution in [2.45, 2.75) is 39.7 Å². The Hall–Kier alpha value is -1.71. The van der Waals surface area contributed by atoms with Gasteiger partial charge in [0.1, 0.15) is 6.10 Å². The molecule has 1 unspecified atom stereocenters. The minimum atomic E-state index is -1.24. The van der Waals surface area contributed by atoms with E-state index in [2.05, 4.69) is 20.3 Å². The maximum absolute atomic E-state index is 5.73. The summed E-state index contributed by atoms with van der Waals surface area (Å²) in [5.74, 6) is -1.06. The fraction of sp³-hybridized carbons (Fsp3) is 0.750. The van der Waals surface area contributed by atoms with Gasteiger partial charge in [0.15, 0.2) is 0 Å². The van der Waals surface area contributed by atoms with Crippen LogP contribution in [0.3, 0.4) is 0 Å². The molecule has 1 aromatic heterocycles. The highest BCUT2D eigenvalue weighted by molar-refractivity contribution is 5.38. The molecule has 0 spiro atoms. The first-order valence-corrected chi connectivity index (χ1v) is 6.92. The van der Waals surface area contributed by atoms with Gasteiger partial charge in [-0.2, -0.15) is 15.0 Å². The van der Waals surface area contributed by atoms with Crippen LogP contribution in [0.4, 0.5) is 17.8 Å². The predicted molar refractivity (Wildman–Crippen MR) is 79.3 cm³/mol. The number of nitrogens with two attached hydrogens (primary N) is 2. The molecule has 0 saturated heterocycles. The first kappa shape index (κ1) is 17.3. The lowest BCUT2D eigenvalue weighted by Gasteiger charge is -2.37. The van der Waals surface area contributed by atoms with Gasteiger partial charge in [-0.25, -0.2) is 0 Å². The van der Waals surface area contributed by atoms with Gasteiger partial charge in [-0.3, -0.25) is 0 Å². The average molecular weight is 300 g/mol. The number of nitrogen functional groups attached to an aromatic ring is 2. The quantitative estimate of drug-likeness (QED) is 0.561. The maximum atomic E-state index is 5.73. The van der Waals surface area contributed by atoms with Gasteiger partial charge in [-0.1, -0.05) is 0 Å². The van der Waals surface area contributed by atoms with Crippen LogP contribution in [-0.2, 0) is 14.2 Å². The first-order valence-electron chi connectivity index (χ1n) is 6.92. The van der Waals surface area contributed by atoms with Gasteiger partial charge in [0.25, 0.3) is 5.91 Å². The van der Waals surface area contributed by atoms with Gasteiger partial charge >= 0.3 is 0 Å². The second-order valence-electron chi connectivity index (χ2n) is 4.13. The summed E-state index contributed by atoms with van der Waals surface area (Å²) in [6.07, 6.45) is -0.415. The van der Waals surface area contributed by atoms with Gasteiger partial charge in [0.05, 0.1) is 0 Å². The van der Waals surface area contributed by atoms with Crippen LogP contribution < -0.4 is 16.8 Å². The van der Waals surface area contributed by atoms with Crippen LogP contribution in [0.1, 0.15) is 27.7 Å². The van der Waals surface area contributed by atoms with Gasteiger partial charge < -0.3 is 31.0 Å². The Morgan fingerprint density at radius 2 is 1.52 bits per heavy atom. The number of rotatable bonds is 9. The average Bonchev–Trinajstić information content (AvgIpc) is 2.38. The Kier molecular flexibility index (Phi) is 6.53. The van der Waals surface area contributed by atoms with Crippen molar-refractivity contribution in [2.75, 3.05) is 36.6 Å². The molecule has 9 nitrogen and oxygen atoms in total. The molecule has 0 bridgehead atoms. The van der Waals surface area contributed by atoms with Crippen LogP contribution in [0.15, 0.2) is 0 Å². The van der Waals surface area contributed by atoms with E-state index in [9.17, 15) is 0 Å². The lowest BCUT2D eigenvalue weighted by atomic mass is 10.3. The third-order valence-corrected chi connectivity index (χ3v) is 2.63. The Morgan fingerprint density at radius 1 is 1.00 bits per heavy atom. The summed E-state index contributed by atoms with van der Waals surface area (Å²) >= 11 is 0. The molecule has 0 aliphatic heterocycles. The second-order valence-corrected chi connectivity index (χ2v) is 4.13. The molecular weight excluding hydrogens is 276 g/mol. The van der Waals surface area contributed by atoms with E-state index in [4.69, 9.17) is 25.7 Å². The Balaban J connectivity index is 3.08. The van der Waals surface area contributed by atoms with E-state index in [1.165, 1.54) is 0 Å². The van der Waals surface area contributed by atoms with Gasteiger partial charge in [0.2, 0.25) is 17.8 Å². The maximum Gasteiger partial charge on any atom is 0.279 e. The number of nitrogens with one attached hydrogen (secondary N) is 1. The van der Waals surface area contributed by atoms with Crippen molar-refractivity contribution in [3.8, 4) is 0 Å². The number of hydrogen-bond acceptors (Lipinski definition) is 9. The third kappa shape index (κ3) is 4.66. The van der Waals surface area contributed by atoms with E-state index in [1.54, 1.807) is 0 Å². The lowest BCUT2D eigenvalue weighted by Crippen LogP contribution is -2.54. The second kappa shape index (κ2) is 7.91. The zero-order valence-electron chi connectivity index (χ0n) is 12.9. The van der Waals surface area contributed by atoms with Crippen LogP contribution >= 0.6 is 0 Å². The number of anilines is 3. The summed E-state index contributed by atoms with van der Waals surface area (Å²) in [5.41, 5.74) is 11.1. The Bertz CT molecular complexity index is 419. The zero-order valence-corrected chi connectivity index (χ0v) is 12.9. The smallest absolute Gasteiger partial charge is 0.279 e. The molecule has 5 N–H and O–H groups in total. The van der Waals surface area contributed by atoms with Gasteiger partial charge in [-0.05, 0) is 27.7 Å². The molecule has 0 aromatic carbocycles. The topological polar surface area (TPSA) is 130 Å². The standard InChI is InChI=1S/C12H24N6O3/c1-5-19-8(4)12(20-6-2,21-7-3)18-11-16-9(13)15-10(14)17-11/h8H,5-7H2,1-4H3,(H5,13,14,15,16,17,18). The molecule has 1 atom stereocenters. The number of ether oxygens (including phenoxy) is 3. The highest BCUT2D eigenvalue weighted by Gasteiger charge is 2.40. The molecular formula is C12H24N6O3. The fourth-order valence-corrected chi connectivity index (χ4v) is 1.86. The van der Waals surface area contributed by atoms with Crippen molar-refractivity contribution in [3.05, 3.63) is 0 Å². The molecule has 0 saturated carbocycles. The SMILES string of the molecule is CCOC(C)C(Nc1nc(N)nc(N)n1)(OCC)OCC. The summed E-state index contributed by atoms with van der Waals surface area (Å²) in [4.78, 5) is 11.7. The van der Waals surface area contributed by atoms with Crippen molar-refractivity contribution in [3.63, 3.8) is 0 Å². The zero-order chi connectivity index (χ0) is 15.9. The van der Waals surface area contributed by atoms with E-state index in [-0.39, 0.29) is 17.8 Å². The van der Waals surface area contributed by atoms with Gasteiger partial charge in [0, 0.05) is 19.8 Å². The summed E-state index contributed by atoms with van der Waals surface area (Å²) in [6.45, 7) is 8.73. The van der Waals surface area contributed by atoms with Gasteiger partial charge in [-0.15, -0.1) is 0 Å². The molecule has 1 heterocycles. The molecule has 0 amide bonds. The van der Waals surface area contributed by atoms with Crippen molar-refractivity contribution in [1.82, 2.24) is 15.0 Å². The van der Waals surface area contributed by atoms with Crippen LogP contribution in [0.2, 0.25) is 0 Å². The molecule has 0 radical (unpaired) electrons. The fourth-order valence-electron chi connectivity index (χ4n) is 1.86. The van der Waals surface area contributed by atoms with Crippen LogP contribution in [-0.4, -0.2) is 46.8 Å². The van der Waals surface area contributed by atoms with Crippen molar-refractivity contribution in [1.29, 1.82) is 0 Å². The van der Waals surface area contributed by atoms with E-state index < -0.39 is 12.0 Å². The largest absolute Gasteiger partial charge is 0.371 e. The number of aromatic nitrogens is 3. The normalized spacial score (nSPS) is 13.1. The summed E-state index contributed by atoms with van der Waals surface area (Å²) in [5, 5.41) is 2.97. The lowest BCUT2D eigenvalue weighted by molar-refractivity contribution is -0.267. The van der Waals surface area contributed by atoms with Crippen molar-refractivity contribution < 1.29 is 14.2 Å². The van der Waals surface area contributed by atoms with Crippen LogP contribution in [0.25, 0.3) is 0 Å². The van der Waals surface area contributed by atoms with E-state index >= 15 is 0 Å². The highest BCUT2D eigenvalue weighted by Crippen LogP contribution is 2.23. The molecule has 0 aliphatic carbocycles. The van der Waals surface area contributed by atoms with E-state index in [1.807, 2.05) is 27.7 Å². The molecule has 120 valence electrons. The highest BCUT2D eigenvalue weighted by atomic mass is 16.7. The number of nitrogens with zero attached hydrogens (tertiary/aromatic N) is 3. The molecule has 21 heavy (non-hydrogen) atoms. The monoisotopic (exact) mass is 300 g/mol. The minimum Gasteiger partial charge on any atom is -0.371 e. The first-order chi connectivity index (χ1) is 9.97. The van der Waals surface area contributed by atoms with Crippen LogP contribution in [0, 0.1) is 0 Å². The summed E-state index contributed by atoms with van der Waals surface area (Å²) in [7, 11) is 0.